The van der Waals surface area contributed by atoms with Crippen LogP contribution in [-0.2, 0) is 9.13 Å². The number of benzene rings is 2. The molecule has 1 heterocycles. The Kier molecular flexibility index (Phi) is 12.6. The molecular formula is C28H37N2O10P3. The Balaban J connectivity index is 2.02. The number of para-hydroxylation sites is 1. The van der Waals surface area contributed by atoms with Crippen molar-refractivity contribution in [3.63, 3.8) is 0 Å². The standard InChI is InChI=1S/C28H37N2O10P3/c1-18(2)8-5-9-19(3)10-6-11-20(4)14-15-30-23-16-21(38-41-32)17-25(39-42(33)34)27(23)29-26-22(28(30)31)12-7-13-24(26)40-43(35,36)37/h7-8,10,12-14,16-17,29,32,41-42H,5-6,9,11,15H2,1-4H3,(H,33,34)(H2,35,36,37)/b19-10+,20-14+. The summed E-state index contributed by atoms with van der Waals surface area (Å²) < 4.78 is 38.7. The van der Waals surface area contributed by atoms with E-state index in [1.165, 1.54) is 46.4 Å². The minimum atomic E-state index is -5.02. The van der Waals surface area contributed by atoms with Crippen LogP contribution in [0.15, 0.2) is 65.3 Å². The number of hydrogen-bond acceptors (Lipinski definition) is 8. The molecule has 2 aromatic carbocycles. The third-order valence-electron chi connectivity index (χ3n) is 6.42. The van der Waals surface area contributed by atoms with Crippen molar-refractivity contribution in [3.05, 3.63) is 70.8 Å². The number of phosphoric acid groups is 1. The number of phosphoric ester groups is 1. The highest BCUT2D eigenvalue weighted by Gasteiger charge is 2.32. The molecule has 15 heteroatoms. The summed E-state index contributed by atoms with van der Waals surface area (Å²) in [6.45, 7) is 8.28. The molecule has 1 aliphatic rings. The fourth-order valence-electron chi connectivity index (χ4n) is 4.39. The molecule has 0 saturated carbocycles. The van der Waals surface area contributed by atoms with Gasteiger partial charge in [-0.1, -0.05) is 41.0 Å². The molecule has 0 fully saturated rings. The first kappa shape index (κ1) is 34.5. The van der Waals surface area contributed by atoms with Crippen LogP contribution in [0.4, 0.5) is 17.1 Å². The summed E-state index contributed by atoms with van der Waals surface area (Å²) in [5.41, 5.74) is 3.78. The number of allylic oxidation sites excluding steroid dienone is 5. The zero-order valence-corrected chi connectivity index (χ0v) is 27.2. The molecular weight excluding hydrogens is 617 g/mol. The van der Waals surface area contributed by atoms with E-state index in [2.05, 4.69) is 38.2 Å². The summed E-state index contributed by atoms with van der Waals surface area (Å²) in [6.07, 6.45) is 9.83. The van der Waals surface area contributed by atoms with Crippen molar-refractivity contribution in [2.75, 3.05) is 16.8 Å². The lowest BCUT2D eigenvalue weighted by Gasteiger charge is -2.23. The monoisotopic (exact) mass is 654 g/mol. The van der Waals surface area contributed by atoms with E-state index in [0.717, 1.165) is 31.3 Å². The quantitative estimate of drug-likeness (QED) is 0.106. The van der Waals surface area contributed by atoms with E-state index in [1.54, 1.807) is 0 Å². The largest absolute Gasteiger partial charge is 0.524 e. The highest BCUT2D eigenvalue weighted by molar-refractivity contribution is 7.46. The molecule has 0 radical (unpaired) electrons. The lowest BCUT2D eigenvalue weighted by atomic mass is 10.1. The first-order chi connectivity index (χ1) is 20.3. The second kappa shape index (κ2) is 15.7. The summed E-state index contributed by atoms with van der Waals surface area (Å²) in [5, 5.41) is 2.92. The lowest BCUT2D eigenvalue weighted by Crippen LogP contribution is -2.30. The highest BCUT2D eigenvalue weighted by Crippen LogP contribution is 2.50. The van der Waals surface area contributed by atoms with E-state index in [0.29, 0.717) is 0 Å². The maximum Gasteiger partial charge on any atom is 0.524 e. The maximum atomic E-state index is 13.9. The van der Waals surface area contributed by atoms with Crippen molar-refractivity contribution in [2.24, 2.45) is 0 Å². The van der Waals surface area contributed by atoms with Crippen LogP contribution in [0, 0.1) is 0 Å². The number of amides is 1. The van der Waals surface area contributed by atoms with E-state index in [1.807, 2.05) is 13.0 Å². The molecule has 2 atom stereocenters. The lowest BCUT2D eigenvalue weighted by molar-refractivity contribution is 0.0990. The van der Waals surface area contributed by atoms with Gasteiger partial charge in [0.15, 0.2) is 11.5 Å². The van der Waals surface area contributed by atoms with Crippen LogP contribution in [0.3, 0.4) is 0 Å². The Morgan fingerprint density at radius 3 is 2.33 bits per heavy atom. The zero-order chi connectivity index (χ0) is 31.7. The predicted octanol–water partition coefficient (Wildman–Crippen LogP) is 6.92. The minimum Gasteiger partial charge on any atom is -0.450 e. The van der Waals surface area contributed by atoms with Crippen LogP contribution < -0.4 is 23.8 Å². The molecule has 0 saturated heterocycles. The number of nitrogens with zero attached hydrogens (tertiary/aromatic N) is 1. The van der Waals surface area contributed by atoms with Gasteiger partial charge in [-0.2, -0.15) is 0 Å². The Hall–Kier alpha value is -2.94. The van der Waals surface area contributed by atoms with Crippen molar-refractivity contribution >= 4 is 48.1 Å². The van der Waals surface area contributed by atoms with Gasteiger partial charge in [0, 0.05) is 18.7 Å². The maximum absolute atomic E-state index is 13.9. The van der Waals surface area contributed by atoms with Crippen molar-refractivity contribution in [1.29, 1.82) is 0 Å². The van der Waals surface area contributed by atoms with Crippen molar-refractivity contribution in [2.45, 2.75) is 53.4 Å². The molecule has 12 nitrogen and oxygen atoms in total. The fourth-order valence-corrected chi connectivity index (χ4v) is 5.37. The summed E-state index contributed by atoms with van der Waals surface area (Å²) in [7, 11) is -9.53. The van der Waals surface area contributed by atoms with Gasteiger partial charge in [-0.15, -0.1) is 0 Å². The first-order valence-electron chi connectivity index (χ1n) is 13.4. The predicted molar refractivity (Wildman–Crippen MR) is 169 cm³/mol. The van der Waals surface area contributed by atoms with Crippen LogP contribution in [0.1, 0.15) is 63.7 Å². The van der Waals surface area contributed by atoms with Crippen LogP contribution in [0.25, 0.3) is 0 Å². The van der Waals surface area contributed by atoms with Gasteiger partial charge in [0.2, 0.25) is 9.03 Å². The molecule has 2 aromatic rings. The number of rotatable bonds is 14. The van der Waals surface area contributed by atoms with Crippen molar-refractivity contribution in [1.82, 2.24) is 0 Å². The van der Waals surface area contributed by atoms with Gasteiger partial charge in [-0.05, 0) is 65.5 Å². The number of carbonyl (C=O) groups excluding carboxylic acids is 1. The molecule has 2 unspecified atom stereocenters. The van der Waals surface area contributed by atoms with Crippen LogP contribution in [0.5, 0.6) is 17.2 Å². The summed E-state index contributed by atoms with van der Waals surface area (Å²) in [5.74, 6) is -0.999. The van der Waals surface area contributed by atoms with Crippen LogP contribution in [-0.4, -0.2) is 32.0 Å². The average molecular weight is 655 g/mol. The molecule has 0 aliphatic carbocycles. The third kappa shape index (κ3) is 10.3. The summed E-state index contributed by atoms with van der Waals surface area (Å²) >= 11 is 0. The van der Waals surface area contributed by atoms with Gasteiger partial charge >= 0.3 is 16.1 Å². The Morgan fingerprint density at radius 1 is 1.02 bits per heavy atom. The average Bonchev–Trinajstić information content (AvgIpc) is 3.01. The van der Waals surface area contributed by atoms with Gasteiger partial charge in [0.25, 0.3) is 5.91 Å². The Morgan fingerprint density at radius 2 is 1.70 bits per heavy atom. The van der Waals surface area contributed by atoms with E-state index >= 15 is 0 Å². The zero-order valence-electron chi connectivity index (χ0n) is 24.3. The smallest absolute Gasteiger partial charge is 0.450 e. The highest BCUT2D eigenvalue weighted by atomic mass is 31.2. The van der Waals surface area contributed by atoms with Gasteiger partial charge in [0.05, 0.1) is 16.9 Å². The molecule has 1 aliphatic heterocycles. The number of fused-ring (bicyclic) bond motifs is 2. The van der Waals surface area contributed by atoms with Crippen LogP contribution in [0.2, 0.25) is 0 Å². The van der Waals surface area contributed by atoms with Crippen molar-refractivity contribution < 1.29 is 47.1 Å². The van der Waals surface area contributed by atoms with Gasteiger partial charge in [0.1, 0.15) is 11.4 Å². The van der Waals surface area contributed by atoms with Gasteiger partial charge in [-0.3, -0.25) is 14.6 Å². The number of anilines is 3. The fraction of sp³-hybridized carbons (Fsp3) is 0.321. The van der Waals surface area contributed by atoms with E-state index in [4.69, 9.17) is 13.6 Å². The number of hydrogen-bond donors (Lipinski definition) is 5. The molecule has 0 spiro atoms. The topological polar surface area (TPSA) is 175 Å². The van der Waals surface area contributed by atoms with Gasteiger partial charge < -0.3 is 33.6 Å². The molecule has 0 bridgehead atoms. The molecule has 234 valence electrons. The second-order valence-electron chi connectivity index (χ2n) is 10.1. The second-order valence-corrected chi connectivity index (χ2v) is 12.4. The van der Waals surface area contributed by atoms with Gasteiger partial charge in [-0.25, -0.2) is 9.13 Å². The number of nitrogens with one attached hydrogen (secondary N) is 1. The van der Waals surface area contributed by atoms with Crippen molar-refractivity contribution in [3.8, 4) is 17.2 Å². The Bertz CT molecular complexity index is 1500. The minimum absolute atomic E-state index is 0.0252. The van der Waals surface area contributed by atoms with E-state index in [9.17, 15) is 33.5 Å². The van der Waals surface area contributed by atoms with Crippen LogP contribution >= 0.6 is 25.1 Å². The SMILES string of the molecule is CC(C)=CCC/C(C)=C/CC/C(C)=C/CN1C(=O)c2cccc(OP(=O)(O)O)c2Nc2c(O[PH](=O)O)cc(OPO)cc21. The summed E-state index contributed by atoms with van der Waals surface area (Å²) in [4.78, 5) is 53.2. The molecule has 0 aromatic heterocycles. The Labute approximate surface area is 253 Å². The first-order valence-corrected chi connectivity index (χ1v) is 17.0. The third-order valence-corrected chi connectivity index (χ3v) is 7.58. The molecule has 5 N–H and O–H groups in total. The normalized spacial score (nSPS) is 14.5. The number of carbonyl (C=O) groups is 1. The molecule has 3 rings (SSSR count). The summed E-state index contributed by atoms with van der Waals surface area (Å²) in [6, 6.07) is 6.84. The molecule has 43 heavy (non-hydrogen) atoms. The van der Waals surface area contributed by atoms with E-state index < -0.39 is 31.0 Å². The molecule has 1 amide bonds. The van der Waals surface area contributed by atoms with E-state index in [-0.39, 0.29) is 46.4 Å².